The third-order valence-electron chi connectivity index (χ3n) is 3.00. The van der Waals surface area contributed by atoms with Crippen molar-refractivity contribution in [2.75, 3.05) is 11.1 Å². The van der Waals surface area contributed by atoms with Crippen molar-refractivity contribution in [1.29, 1.82) is 0 Å². The highest BCUT2D eigenvalue weighted by atomic mass is 32.2. The van der Waals surface area contributed by atoms with E-state index in [4.69, 9.17) is 0 Å². The third-order valence-corrected chi connectivity index (χ3v) is 3.96. The summed E-state index contributed by atoms with van der Waals surface area (Å²) in [5.74, 6) is 0.474. The number of nitrogens with one attached hydrogen (secondary N) is 2. The van der Waals surface area contributed by atoms with Crippen LogP contribution in [0.3, 0.4) is 0 Å². The lowest BCUT2D eigenvalue weighted by Crippen LogP contribution is -2.21. The molecule has 2 heterocycles. The third kappa shape index (κ3) is 3.84. The monoisotopic (exact) mass is 313 g/mol. The van der Waals surface area contributed by atoms with Crippen molar-refractivity contribution < 1.29 is 5.11 Å². The van der Waals surface area contributed by atoms with E-state index in [0.29, 0.717) is 10.9 Å². The molecule has 22 heavy (non-hydrogen) atoms. The van der Waals surface area contributed by atoms with Crippen molar-refractivity contribution in [3.63, 3.8) is 0 Å². The summed E-state index contributed by atoms with van der Waals surface area (Å²) in [6, 6.07) is 11.8. The lowest BCUT2D eigenvalue weighted by Gasteiger charge is -2.13. The molecule has 3 N–H and O–H groups in total. The standard InChI is InChI=1S/C15H15N5OS/c21-14(9-22-15-17-10-18-20-15)19-13-3-1-11(2-4-13)12-5-7-16-8-6-12/h1-8,10,14,19,21H,9H2,(H,17,18,20). The van der Waals surface area contributed by atoms with Crippen LogP contribution in [0.15, 0.2) is 60.3 Å². The van der Waals surface area contributed by atoms with E-state index in [1.54, 1.807) is 12.4 Å². The Hall–Kier alpha value is -2.38. The first-order valence-electron chi connectivity index (χ1n) is 6.75. The summed E-state index contributed by atoms with van der Waals surface area (Å²) in [5.41, 5.74) is 3.09. The van der Waals surface area contributed by atoms with Crippen molar-refractivity contribution in [1.82, 2.24) is 20.2 Å². The number of H-pyrrole nitrogens is 1. The second kappa shape index (κ2) is 7.06. The molecule has 2 aromatic heterocycles. The first kappa shape index (κ1) is 14.6. The molecule has 0 fully saturated rings. The van der Waals surface area contributed by atoms with E-state index in [1.807, 2.05) is 36.4 Å². The number of aliphatic hydroxyl groups excluding tert-OH is 1. The van der Waals surface area contributed by atoms with E-state index in [0.717, 1.165) is 16.8 Å². The van der Waals surface area contributed by atoms with Crippen LogP contribution < -0.4 is 5.32 Å². The molecule has 0 spiro atoms. The maximum atomic E-state index is 9.99. The van der Waals surface area contributed by atoms with Crippen LogP contribution in [0.1, 0.15) is 0 Å². The Morgan fingerprint density at radius 1 is 1.09 bits per heavy atom. The van der Waals surface area contributed by atoms with Gasteiger partial charge in [0, 0.05) is 23.8 Å². The molecule has 3 rings (SSSR count). The summed E-state index contributed by atoms with van der Waals surface area (Å²) in [5, 5.41) is 21.3. The zero-order valence-electron chi connectivity index (χ0n) is 11.7. The second-order valence-electron chi connectivity index (χ2n) is 4.58. The predicted octanol–water partition coefficient (Wildman–Crippen LogP) is 2.39. The van der Waals surface area contributed by atoms with Crippen molar-refractivity contribution in [3.05, 3.63) is 55.1 Å². The Balaban J connectivity index is 1.56. The van der Waals surface area contributed by atoms with Gasteiger partial charge in [-0.15, -0.1) is 10.2 Å². The fraction of sp³-hybridized carbons (Fsp3) is 0.133. The Kier molecular flexibility index (Phi) is 4.67. The van der Waals surface area contributed by atoms with Crippen LogP contribution in [0.4, 0.5) is 5.69 Å². The topological polar surface area (TPSA) is 86.7 Å². The van der Waals surface area contributed by atoms with E-state index in [-0.39, 0.29) is 0 Å². The molecule has 0 bridgehead atoms. The highest BCUT2D eigenvalue weighted by Gasteiger charge is 2.06. The quantitative estimate of drug-likeness (QED) is 0.478. The molecule has 0 amide bonds. The molecule has 0 aliphatic carbocycles. The zero-order chi connectivity index (χ0) is 15.2. The number of pyridine rings is 1. The SMILES string of the molecule is OC(CSc1nnc[nH]1)Nc1ccc(-c2ccncc2)cc1. The summed E-state index contributed by atoms with van der Waals surface area (Å²) >= 11 is 1.41. The molecule has 7 heteroatoms. The van der Waals surface area contributed by atoms with Gasteiger partial charge in [0.2, 0.25) is 0 Å². The number of aromatic amines is 1. The van der Waals surface area contributed by atoms with Crippen LogP contribution in [0.2, 0.25) is 0 Å². The summed E-state index contributed by atoms with van der Waals surface area (Å²) in [7, 11) is 0. The number of rotatable bonds is 6. The number of anilines is 1. The van der Waals surface area contributed by atoms with Gasteiger partial charge < -0.3 is 15.4 Å². The highest BCUT2D eigenvalue weighted by molar-refractivity contribution is 7.99. The molecule has 0 radical (unpaired) electrons. The van der Waals surface area contributed by atoms with Crippen LogP contribution in [0.5, 0.6) is 0 Å². The number of aromatic nitrogens is 4. The fourth-order valence-corrected chi connectivity index (χ4v) is 2.60. The van der Waals surface area contributed by atoms with E-state index >= 15 is 0 Å². The van der Waals surface area contributed by atoms with Crippen LogP contribution in [-0.2, 0) is 0 Å². The maximum absolute atomic E-state index is 9.99. The number of hydrogen-bond acceptors (Lipinski definition) is 6. The Labute approximate surface area is 132 Å². The molecule has 6 nitrogen and oxygen atoms in total. The largest absolute Gasteiger partial charge is 0.373 e. The minimum absolute atomic E-state index is 0.474. The molecule has 0 aliphatic heterocycles. The van der Waals surface area contributed by atoms with Crippen molar-refractivity contribution in [2.45, 2.75) is 11.4 Å². The zero-order valence-corrected chi connectivity index (χ0v) is 12.5. The number of thioether (sulfide) groups is 1. The maximum Gasteiger partial charge on any atom is 0.188 e. The Morgan fingerprint density at radius 3 is 2.50 bits per heavy atom. The van der Waals surface area contributed by atoms with Crippen molar-refractivity contribution in [3.8, 4) is 11.1 Å². The first-order valence-corrected chi connectivity index (χ1v) is 7.74. The van der Waals surface area contributed by atoms with Gasteiger partial charge in [0.25, 0.3) is 0 Å². The van der Waals surface area contributed by atoms with Crippen LogP contribution in [-0.4, -0.2) is 37.3 Å². The van der Waals surface area contributed by atoms with Gasteiger partial charge in [-0.2, -0.15) is 0 Å². The van der Waals surface area contributed by atoms with Gasteiger partial charge >= 0.3 is 0 Å². The lowest BCUT2D eigenvalue weighted by atomic mass is 10.1. The fourth-order valence-electron chi connectivity index (χ4n) is 1.96. The summed E-state index contributed by atoms with van der Waals surface area (Å²) in [6.07, 6.45) is 4.39. The number of benzene rings is 1. The highest BCUT2D eigenvalue weighted by Crippen LogP contribution is 2.21. The predicted molar refractivity (Wildman–Crippen MR) is 86.4 cm³/mol. The van der Waals surface area contributed by atoms with Gasteiger partial charge in [0.15, 0.2) is 5.16 Å². The van der Waals surface area contributed by atoms with Crippen LogP contribution in [0.25, 0.3) is 11.1 Å². The van der Waals surface area contributed by atoms with Gasteiger partial charge in [-0.05, 0) is 35.4 Å². The minimum atomic E-state index is -0.665. The molecule has 3 aromatic rings. The average molecular weight is 313 g/mol. The van der Waals surface area contributed by atoms with E-state index in [9.17, 15) is 5.11 Å². The second-order valence-corrected chi connectivity index (χ2v) is 5.59. The van der Waals surface area contributed by atoms with Gasteiger partial charge in [-0.25, -0.2) is 0 Å². The van der Waals surface area contributed by atoms with Crippen molar-refractivity contribution >= 4 is 17.4 Å². The molecule has 0 saturated carbocycles. The molecule has 112 valence electrons. The molecule has 0 saturated heterocycles. The van der Waals surface area contributed by atoms with Gasteiger partial charge in [0.05, 0.1) is 0 Å². The van der Waals surface area contributed by atoms with Gasteiger partial charge in [0.1, 0.15) is 12.6 Å². The normalized spacial score (nSPS) is 12.0. The average Bonchev–Trinajstić information content (AvgIpc) is 3.08. The van der Waals surface area contributed by atoms with Gasteiger partial charge in [-0.3, -0.25) is 4.98 Å². The summed E-state index contributed by atoms with van der Waals surface area (Å²) in [6.45, 7) is 0. The molecule has 0 aliphatic rings. The molecule has 1 aromatic carbocycles. The lowest BCUT2D eigenvalue weighted by molar-refractivity contribution is 0.229. The first-order chi connectivity index (χ1) is 10.8. The van der Waals surface area contributed by atoms with E-state index in [1.165, 1.54) is 18.1 Å². The van der Waals surface area contributed by atoms with E-state index in [2.05, 4.69) is 25.5 Å². The van der Waals surface area contributed by atoms with Gasteiger partial charge in [-0.1, -0.05) is 23.9 Å². The summed E-state index contributed by atoms with van der Waals surface area (Å²) < 4.78 is 0. The number of nitrogens with zero attached hydrogens (tertiary/aromatic N) is 3. The van der Waals surface area contributed by atoms with Crippen molar-refractivity contribution in [2.24, 2.45) is 0 Å². The molecular formula is C15H15N5OS. The smallest absolute Gasteiger partial charge is 0.188 e. The Bertz CT molecular complexity index is 688. The minimum Gasteiger partial charge on any atom is -0.373 e. The molecule has 1 unspecified atom stereocenters. The number of hydrogen-bond donors (Lipinski definition) is 3. The van der Waals surface area contributed by atoms with Crippen LogP contribution in [0, 0.1) is 0 Å². The Morgan fingerprint density at radius 2 is 1.82 bits per heavy atom. The van der Waals surface area contributed by atoms with E-state index < -0.39 is 6.23 Å². The molecular weight excluding hydrogens is 298 g/mol. The summed E-state index contributed by atoms with van der Waals surface area (Å²) in [4.78, 5) is 6.89. The number of aliphatic hydroxyl groups is 1. The van der Waals surface area contributed by atoms with Crippen LogP contribution >= 0.6 is 11.8 Å². The molecule has 1 atom stereocenters.